The van der Waals surface area contributed by atoms with Gasteiger partial charge in [0.1, 0.15) is 5.75 Å². The molecule has 1 aromatic carbocycles. The monoisotopic (exact) mass is 489 g/mol. The average Bonchev–Trinajstić information content (AvgIpc) is 3.41. The van der Waals surface area contributed by atoms with Crippen molar-refractivity contribution >= 4 is 29.9 Å². The summed E-state index contributed by atoms with van der Waals surface area (Å²) in [7, 11) is 1.82. The van der Waals surface area contributed by atoms with Gasteiger partial charge < -0.3 is 20.1 Å². The lowest BCUT2D eigenvalue weighted by Gasteiger charge is -2.19. The third kappa shape index (κ3) is 8.25. The number of benzene rings is 1. The zero-order valence-electron chi connectivity index (χ0n) is 17.3. The number of nitrogens with zero attached hydrogens (tertiary/aromatic N) is 1. The van der Waals surface area contributed by atoms with Gasteiger partial charge in [-0.15, -0.1) is 24.0 Å². The number of aliphatic imine (C=N–C) groups is 1. The van der Waals surface area contributed by atoms with Crippen LogP contribution >= 0.6 is 24.0 Å². The van der Waals surface area contributed by atoms with Crippen molar-refractivity contribution in [2.24, 2.45) is 10.4 Å². The Bertz CT molecular complexity index is 589. The Kier molecular flexibility index (Phi) is 11.1. The van der Waals surface area contributed by atoms with Crippen LogP contribution in [0.2, 0.25) is 0 Å². The quantitative estimate of drug-likeness (QED) is 0.211. The smallest absolute Gasteiger partial charge is 0.191 e. The number of rotatable bonds is 11. The first-order chi connectivity index (χ1) is 12.6. The standard InChI is InChI=1S/C21H35N3O2.HI/c1-5-12-26-19-14-17(3)7-8-18(19)15-23-20(22-4)24-16-21(9-10-21)11-13-25-6-2;/h7-8,14H,5-6,9-13,15-16H2,1-4H3,(H2,22,23,24);1H. The van der Waals surface area contributed by atoms with Crippen LogP contribution in [0.25, 0.3) is 0 Å². The van der Waals surface area contributed by atoms with Gasteiger partial charge in [-0.25, -0.2) is 0 Å². The van der Waals surface area contributed by atoms with E-state index < -0.39 is 0 Å². The van der Waals surface area contributed by atoms with Crippen LogP contribution in [-0.4, -0.2) is 39.4 Å². The summed E-state index contributed by atoms with van der Waals surface area (Å²) < 4.78 is 11.4. The maximum atomic E-state index is 5.90. The molecule has 1 fully saturated rings. The van der Waals surface area contributed by atoms with Crippen LogP contribution in [0, 0.1) is 12.3 Å². The van der Waals surface area contributed by atoms with Gasteiger partial charge in [-0.05, 0) is 56.6 Å². The first kappa shape index (κ1) is 24.0. The molecule has 0 aromatic heterocycles. The molecular weight excluding hydrogens is 453 g/mol. The molecule has 0 unspecified atom stereocenters. The number of nitrogens with one attached hydrogen (secondary N) is 2. The highest BCUT2D eigenvalue weighted by Gasteiger charge is 2.41. The second kappa shape index (κ2) is 12.4. The van der Waals surface area contributed by atoms with Crippen LogP contribution in [0.5, 0.6) is 5.75 Å². The zero-order valence-corrected chi connectivity index (χ0v) is 19.6. The average molecular weight is 489 g/mol. The van der Waals surface area contributed by atoms with Crippen molar-refractivity contribution in [1.29, 1.82) is 0 Å². The molecule has 0 amide bonds. The lowest BCUT2D eigenvalue weighted by molar-refractivity contribution is 0.128. The number of aryl methyl sites for hydroxylation is 1. The molecule has 0 radical (unpaired) electrons. The van der Waals surface area contributed by atoms with E-state index in [4.69, 9.17) is 9.47 Å². The fourth-order valence-electron chi connectivity index (χ4n) is 2.95. The topological polar surface area (TPSA) is 54.9 Å². The Morgan fingerprint density at radius 3 is 2.59 bits per heavy atom. The van der Waals surface area contributed by atoms with E-state index in [0.29, 0.717) is 12.0 Å². The molecule has 1 aliphatic rings. The summed E-state index contributed by atoms with van der Waals surface area (Å²) in [5.74, 6) is 1.81. The molecule has 2 rings (SSSR count). The first-order valence-electron chi connectivity index (χ1n) is 9.87. The van der Waals surface area contributed by atoms with Crippen molar-refractivity contribution in [1.82, 2.24) is 10.6 Å². The van der Waals surface area contributed by atoms with Gasteiger partial charge in [0.25, 0.3) is 0 Å². The van der Waals surface area contributed by atoms with Crippen LogP contribution in [0.3, 0.4) is 0 Å². The van der Waals surface area contributed by atoms with Gasteiger partial charge in [0.05, 0.1) is 6.61 Å². The van der Waals surface area contributed by atoms with E-state index >= 15 is 0 Å². The Balaban J connectivity index is 0.00000364. The predicted octanol–water partition coefficient (Wildman–Crippen LogP) is 4.27. The summed E-state index contributed by atoms with van der Waals surface area (Å²) in [5.41, 5.74) is 2.77. The number of ether oxygens (including phenoxy) is 2. The largest absolute Gasteiger partial charge is 0.493 e. The van der Waals surface area contributed by atoms with Gasteiger partial charge in [0.15, 0.2) is 5.96 Å². The minimum Gasteiger partial charge on any atom is -0.493 e. The van der Waals surface area contributed by atoms with E-state index in [0.717, 1.165) is 56.5 Å². The van der Waals surface area contributed by atoms with Crippen LogP contribution in [-0.2, 0) is 11.3 Å². The minimum absolute atomic E-state index is 0. The Morgan fingerprint density at radius 2 is 1.96 bits per heavy atom. The summed E-state index contributed by atoms with van der Waals surface area (Å²) in [6, 6.07) is 6.36. The molecule has 0 bridgehead atoms. The van der Waals surface area contributed by atoms with Gasteiger partial charge in [-0.2, -0.15) is 0 Å². The fourth-order valence-corrected chi connectivity index (χ4v) is 2.95. The number of guanidine groups is 1. The van der Waals surface area contributed by atoms with Crippen molar-refractivity contribution in [3.63, 3.8) is 0 Å². The fraction of sp³-hybridized carbons (Fsp3) is 0.667. The van der Waals surface area contributed by atoms with E-state index in [-0.39, 0.29) is 24.0 Å². The summed E-state index contributed by atoms with van der Waals surface area (Å²) in [5, 5.41) is 6.90. The number of halogens is 1. The minimum atomic E-state index is 0. The lowest BCUT2D eigenvalue weighted by Crippen LogP contribution is -2.40. The molecule has 0 atom stereocenters. The van der Waals surface area contributed by atoms with E-state index in [1.165, 1.54) is 18.4 Å². The Morgan fingerprint density at radius 1 is 1.19 bits per heavy atom. The molecule has 27 heavy (non-hydrogen) atoms. The molecule has 5 nitrogen and oxygen atoms in total. The van der Waals surface area contributed by atoms with Crippen molar-refractivity contribution in [3.05, 3.63) is 29.3 Å². The van der Waals surface area contributed by atoms with E-state index in [2.05, 4.69) is 47.7 Å². The van der Waals surface area contributed by atoms with Crippen LogP contribution < -0.4 is 15.4 Å². The highest BCUT2D eigenvalue weighted by atomic mass is 127. The van der Waals surface area contributed by atoms with Crippen LogP contribution in [0.4, 0.5) is 0 Å². The Labute approximate surface area is 181 Å². The van der Waals surface area contributed by atoms with E-state index in [9.17, 15) is 0 Å². The second-order valence-electron chi connectivity index (χ2n) is 7.19. The normalized spacial score (nSPS) is 15.0. The van der Waals surface area contributed by atoms with E-state index in [1.54, 1.807) is 0 Å². The van der Waals surface area contributed by atoms with Crippen molar-refractivity contribution in [2.75, 3.05) is 33.4 Å². The molecule has 0 saturated heterocycles. The molecule has 1 saturated carbocycles. The van der Waals surface area contributed by atoms with Gasteiger partial charge in [0.2, 0.25) is 0 Å². The highest BCUT2D eigenvalue weighted by Crippen LogP contribution is 2.48. The first-order valence-corrected chi connectivity index (χ1v) is 9.87. The number of hydrogen-bond donors (Lipinski definition) is 2. The van der Waals surface area contributed by atoms with Gasteiger partial charge in [-0.3, -0.25) is 4.99 Å². The third-order valence-corrected chi connectivity index (χ3v) is 4.92. The summed E-state index contributed by atoms with van der Waals surface area (Å²) >= 11 is 0. The molecule has 1 aliphatic carbocycles. The van der Waals surface area contributed by atoms with Crippen LogP contribution in [0.15, 0.2) is 23.2 Å². The Hall–Kier alpha value is -1.02. The molecule has 154 valence electrons. The highest BCUT2D eigenvalue weighted by molar-refractivity contribution is 14.0. The van der Waals surface area contributed by atoms with Gasteiger partial charge in [-0.1, -0.05) is 19.1 Å². The van der Waals surface area contributed by atoms with Crippen molar-refractivity contribution < 1.29 is 9.47 Å². The lowest BCUT2D eigenvalue weighted by atomic mass is 10.0. The maximum Gasteiger partial charge on any atom is 0.191 e. The van der Waals surface area contributed by atoms with E-state index in [1.807, 2.05) is 14.0 Å². The summed E-state index contributed by atoms with van der Waals surface area (Å²) in [6.45, 7) is 10.3. The predicted molar refractivity (Wildman–Crippen MR) is 123 cm³/mol. The molecule has 0 heterocycles. The van der Waals surface area contributed by atoms with Crippen molar-refractivity contribution in [2.45, 2.75) is 53.0 Å². The second-order valence-corrected chi connectivity index (χ2v) is 7.19. The SMILES string of the molecule is CCCOc1cc(C)ccc1CNC(=NC)NCC1(CCOCC)CC1.I. The third-order valence-electron chi connectivity index (χ3n) is 4.92. The van der Waals surface area contributed by atoms with Crippen molar-refractivity contribution in [3.8, 4) is 5.75 Å². The van der Waals surface area contributed by atoms with Gasteiger partial charge >= 0.3 is 0 Å². The molecule has 0 spiro atoms. The summed E-state index contributed by atoms with van der Waals surface area (Å²) in [6.07, 6.45) is 4.68. The zero-order chi connectivity index (χ0) is 18.8. The number of hydrogen-bond acceptors (Lipinski definition) is 3. The van der Waals surface area contributed by atoms with Crippen LogP contribution in [0.1, 0.15) is 50.7 Å². The van der Waals surface area contributed by atoms with Gasteiger partial charge in [0, 0.05) is 38.9 Å². The molecule has 1 aromatic rings. The maximum absolute atomic E-state index is 5.90. The molecule has 2 N–H and O–H groups in total. The molecule has 6 heteroatoms. The molecular formula is C21H36IN3O2. The molecule has 0 aliphatic heterocycles. The summed E-state index contributed by atoms with van der Waals surface area (Å²) in [4.78, 5) is 4.36.